The van der Waals surface area contributed by atoms with E-state index in [0.717, 1.165) is 25.5 Å². The van der Waals surface area contributed by atoms with Crippen molar-refractivity contribution in [3.63, 3.8) is 0 Å². The summed E-state index contributed by atoms with van der Waals surface area (Å²) in [5.41, 5.74) is 1.32. The van der Waals surface area contributed by atoms with Crippen LogP contribution in [0.1, 0.15) is 51.2 Å². The summed E-state index contributed by atoms with van der Waals surface area (Å²) < 4.78 is 0. The highest BCUT2D eigenvalue weighted by atomic mass is 32.1. The first kappa shape index (κ1) is 17.0. The minimum absolute atomic E-state index is 0.139. The summed E-state index contributed by atoms with van der Waals surface area (Å²) in [5.74, 6) is 0.881. The van der Waals surface area contributed by atoms with Gasteiger partial charge in [0.15, 0.2) is 5.96 Å². The highest BCUT2D eigenvalue weighted by Crippen LogP contribution is 2.23. The van der Waals surface area contributed by atoms with E-state index < -0.39 is 0 Å². The van der Waals surface area contributed by atoms with Crippen molar-refractivity contribution < 1.29 is 0 Å². The quantitative estimate of drug-likeness (QED) is 0.482. The van der Waals surface area contributed by atoms with Gasteiger partial charge >= 0.3 is 0 Å². The molecule has 0 saturated heterocycles. The van der Waals surface area contributed by atoms with Gasteiger partial charge in [-0.2, -0.15) is 0 Å². The molecule has 0 aliphatic carbocycles. The number of rotatable bonds is 6. The number of hydrogen-bond donors (Lipinski definition) is 2. The van der Waals surface area contributed by atoms with Crippen LogP contribution in [0.25, 0.3) is 0 Å². The molecule has 0 spiro atoms. The van der Waals surface area contributed by atoms with Crippen LogP contribution in [-0.2, 0) is 11.8 Å². The van der Waals surface area contributed by atoms with Crippen molar-refractivity contribution in [1.82, 2.24) is 15.6 Å². The smallest absolute Gasteiger partial charge is 0.190 e. The van der Waals surface area contributed by atoms with Crippen LogP contribution >= 0.6 is 11.3 Å². The largest absolute Gasteiger partial charge is 0.356 e. The van der Waals surface area contributed by atoms with Crippen molar-refractivity contribution >= 4 is 17.3 Å². The van der Waals surface area contributed by atoms with E-state index in [1.165, 1.54) is 23.5 Å². The van der Waals surface area contributed by atoms with Gasteiger partial charge < -0.3 is 10.6 Å². The van der Waals surface area contributed by atoms with Crippen LogP contribution in [0.5, 0.6) is 0 Å². The maximum atomic E-state index is 4.70. The van der Waals surface area contributed by atoms with E-state index in [-0.39, 0.29) is 5.41 Å². The number of guanidine groups is 1. The minimum atomic E-state index is 0.139. The summed E-state index contributed by atoms with van der Waals surface area (Å²) in [5, 5.41) is 10.00. The van der Waals surface area contributed by atoms with Gasteiger partial charge in [0.2, 0.25) is 0 Å². The molecule has 0 unspecified atom stereocenters. The average molecular weight is 296 g/mol. The zero-order valence-corrected chi connectivity index (χ0v) is 14.2. The number of unbranched alkanes of at least 4 members (excludes halogenated alkanes) is 1. The highest BCUT2D eigenvalue weighted by Gasteiger charge is 2.17. The molecule has 20 heavy (non-hydrogen) atoms. The van der Waals surface area contributed by atoms with Gasteiger partial charge in [-0.1, -0.05) is 34.1 Å². The fraction of sp³-hybridized carbons (Fsp3) is 0.733. The Morgan fingerprint density at radius 3 is 2.55 bits per heavy atom. The number of aliphatic imine (C=N–C) groups is 1. The SMILES string of the molecule is CCCCNC(=NC)NCCc1nc(C(C)(C)C)cs1. The number of aromatic nitrogens is 1. The summed E-state index contributed by atoms with van der Waals surface area (Å²) in [4.78, 5) is 8.91. The average Bonchev–Trinajstić information content (AvgIpc) is 2.86. The van der Waals surface area contributed by atoms with Crippen LogP contribution in [0.15, 0.2) is 10.4 Å². The summed E-state index contributed by atoms with van der Waals surface area (Å²) in [7, 11) is 1.81. The zero-order chi connectivity index (χ0) is 15.0. The molecule has 1 heterocycles. The molecule has 114 valence electrons. The minimum Gasteiger partial charge on any atom is -0.356 e. The van der Waals surface area contributed by atoms with Crippen LogP contribution in [0, 0.1) is 0 Å². The Balaban J connectivity index is 2.34. The first-order valence-electron chi connectivity index (χ1n) is 7.36. The van der Waals surface area contributed by atoms with Crippen molar-refractivity contribution in [3.8, 4) is 0 Å². The number of thiazole rings is 1. The van der Waals surface area contributed by atoms with Gasteiger partial charge in [0.05, 0.1) is 10.7 Å². The van der Waals surface area contributed by atoms with E-state index in [4.69, 9.17) is 4.98 Å². The van der Waals surface area contributed by atoms with E-state index in [1.807, 2.05) is 7.05 Å². The number of hydrogen-bond acceptors (Lipinski definition) is 3. The third kappa shape index (κ3) is 5.90. The molecule has 0 atom stereocenters. The topological polar surface area (TPSA) is 49.3 Å². The van der Waals surface area contributed by atoms with Gasteiger partial charge in [-0.05, 0) is 6.42 Å². The van der Waals surface area contributed by atoms with E-state index >= 15 is 0 Å². The highest BCUT2D eigenvalue weighted by molar-refractivity contribution is 7.09. The second kappa shape index (κ2) is 8.25. The summed E-state index contributed by atoms with van der Waals surface area (Å²) in [6.45, 7) is 10.6. The Kier molecular flexibility index (Phi) is 6.99. The summed E-state index contributed by atoms with van der Waals surface area (Å²) in [6, 6.07) is 0. The zero-order valence-electron chi connectivity index (χ0n) is 13.4. The van der Waals surface area contributed by atoms with Gasteiger partial charge in [0, 0.05) is 37.4 Å². The molecule has 0 bridgehead atoms. The van der Waals surface area contributed by atoms with Crippen LogP contribution in [-0.4, -0.2) is 31.1 Å². The first-order valence-corrected chi connectivity index (χ1v) is 8.24. The first-order chi connectivity index (χ1) is 9.47. The molecule has 0 amide bonds. The van der Waals surface area contributed by atoms with Crippen molar-refractivity contribution in [3.05, 3.63) is 16.1 Å². The van der Waals surface area contributed by atoms with E-state index in [9.17, 15) is 0 Å². The molecule has 1 rings (SSSR count). The maximum absolute atomic E-state index is 4.70. The lowest BCUT2D eigenvalue weighted by molar-refractivity contribution is 0.570. The van der Waals surface area contributed by atoms with Crippen LogP contribution in [0.3, 0.4) is 0 Å². The molecule has 0 aromatic carbocycles. The predicted molar refractivity (Wildman–Crippen MR) is 88.8 cm³/mol. The number of nitrogens with zero attached hydrogens (tertiary/aromatic N) is 2. The van der Waals surface area contributed by atoms with E-state index in [1.54, 1.807) is 11.3 Å². The van der Waals surface area contributed by atoms with Crippen molar-refractivity contribution in [2.45, 2.75) is 52.4 Å². The second-order valence-electron chi connectivity index (χ2n) is 5.91. The normalized spacial score (nSPS) is 12.6. The van der Waals surface area contributed by atoms with Crippen molar-refractivity contribution in [2.24, 2.45) is 4.99 Å². The molecule has 0 saturated carbocycles. The van der Waals surface area contributed by atoms with Crippen molar-refractivity contribution in [2.75, 3.05) is 20.1 Å². The second-order valence-corrected chi connectivity index (χ2v) is 6.85. The van der Waals surface area contributed by atoms with Crippen molar-refractivity contribution in [1.29, 1.82) is 0 Å². The molecule has 0 radical (unpaired) electrons. The van der Waals surface area contributed by atoms with E-state index in [2.05, 4.69) is 48.7 Å². The lowest BCUT2D eigenvalue weighted by Crippen LogP contribution is -2.38. The van der Waals surface area contributed by atoms with Gasteiger partial charge in [0.1, 0.15) is 0 Å². The lowest BCUT2D eigenvalue weighted by Gasteiger charge is -2.14. The fourth-order valence-electron chi connectivity index (χ4n) is 1.66. The summed E-state index contributed by atoms with van der Waals surface area (Å²) in [6.07, 6.45) is 3.30. The third-order valence-corrected chi connectivity index (χ3v) is 3.91. The standard InChI is InChI=1S/C15H28N4S/c1-6-7-9-17-14(16-5)18-10-8-13-19-12(11-20-13)15(2,3)4/h11H,6-10H2,1-5H3,(H2,16,17,18). The molecule has 2 N–H and O–H groups in total. The Bertz CT molecular complexity index is 418. The molecular weight excluding hydrogens is 268 g/mol. The Morgan fingerprint density at radius 2 is 2.00 bits per heavy atom. The van der Waals surface area contributed by atoms with Gasteiger partial charge in [0.25, 0.3) is 0 Å². The maximum Gasteiger partial charge on any atom is 0.190 e. The molecule has 1 aromatic heterocycles. The molecule has 0 fully saturated rings. The van der Waals surface area contributed by atoms with Crippen LogP contribution in [0.2, 0.25) is 0 Å². The Labute approximate surface area is 127 Å². The predicted octanol–water partition coefficient (Wildman–Crippen LogP) is 2.95. The number of nitrogens with one attached hydrogen (secondary N) is 2. The van der Waals surface area contributed by atoms with Crippen LogP contribution in [0.4, 0.5) is 0 Å². The molecule has 5 heteroatoms. The molecule has 0 aliphatic rings. The Morgan fingerprint density at radius 1 is 1.30 bits per heavy atom. The fourth-order valence-corrected chi connectivity index (χ4v) is 2.69. The summed E-state index contributed by atoms with van der Waals surface area (Å²) >= 11 is 1.75. The van der Waals surface area contributed by atoms with E-state index in [0.29, 0.717) is 0 Å². The molecule has 1 aromatic rings. The van der Waals surface area contributed by atoms with Gasteiger partial charge in [-0.25, -0.2) is 4.98 Å². The molecule has 0 aliphatic heterocycles. The van der Waals surface area contributed by atoms with Gasteiger partial charge in [-0.3, -0.25) is 4.99 Å². The monoisotopic (exact) mass is 296 g/mol. The molecular formula is C15H28N4S. The van der Waals surface area contributed by atoms with Crippen LogP contribution < -0.4 is 10.6 Å². The Hall–Kier alpha value is -1.10. The lowest BCUT2D eigenvalue weighted by atomic mass is 9.93. The third-order valence-electron chi connectivity index (χ3n) is 3.00. The molecule has 4 nitrogen and oxygen atoms in total. The van der Waals surface area contributed by atoms with Gasteiger partial charge in [-0.15, -0.1) is 11.3 Å².